The van der Waals surface area contributed by atoms with Gasteiger partial charge in [0.05, 0.1) is 18.3 Å². The molecule has 10 heteroatoms. The Bertz CT molecular complexity index is 1160. The summed E-state index contributed by atoms with van der Waals surface area (Å²) < 4.78 is 6.39. The highest BCUT2D eigenvalue weighted by atomic mass is 16.5. The van der Waals surface area contributed by atoms with Gasteiger partial charge in [0, 0.05) is 18.8 Å². The minimum Gasteiger partial charge on any atom is -0.481 e. The SMILES string of the molecule is Cc1cc(Nc2nc(=O)n(C)cc2CC(=O)O)cnc1NC(=O)OCc1ccccc1. The summed E-state index contributed by atoms with van der Waals surface area (Å²) in [6.07, 6.45) is 1.91. The summed E-state index contributed by atoms with van der Waals surface area (Å²) in [5, 5.41) is 14.6. The number of anilines is 3. The average Bonchev–Trinajstić information content (AvgIpc) is 2.72. The van der Waals surface area contributed by atoms with Gasteiger partial charge in [-0.1, -0.05) is 30.3 Å². The number of carboxylic acid groups (broad SMARTS) is 1. The van der Waals surface area contributed by atoms with Crippen molar-refractivity contribution in [2.24, 2.45) is 7.05 Å². The molecule has 0 saturated carbocycles. The monoisotopic (exact) mass is 423 g/mol. The quantitative estimate of drug-likeness (QED) is 0.528. The number of carboxylic acids is 1. The minimum absolute atomic E-state index is 0.131. The normalized spacial score (nSPS) is 10.4. The predicted octanol–water partition coefficient (Wildman–Crippen LogP) is 2.60. The van der Waals surface area contributed by atoms with Gasteiger partial charge in [0.25, 0.3) is 0 Å². The number of pyridine rings is 1. The molecule has 0 aliphatic carbocycles. The second-order valence-electron chi connectivity index (χ2n) is 6.78. The number of nitrogens with zero attached hydrogens (tertiary/aromatic N) is 3. The predicted molar refractivity (Wildman–Crippen MR) is 113 cm³/mol. The fourth-order valence-corrected chi connectivity index (χ4v) is 2.76. The molecule has 0 fully saturated rings. The third-order valence-electron chi connectivity index (χ3n) is 4.28. The first-order chi connectivity index (χ1) is 14.8. The maximum absolute atomic E-state index is 12.0. The fraction of sp³-hybridized carbons (Fsp3) is 0.190. The van der Waals surface area contributed by atoms with E-state index >= 15 is 0 Å². The van der Waals surface area contributed by atoms with E-state index in [4.69, 9.17) is 9.84 Å². The Balaban J connectivity index is 1.69. The number of carbonyl (C=O) groups excluding carboxylic acids is 1. The molecular weight excluding hydrogens is 402 g/mol. The molecule has 160 valence electrons. The Morgan fingerprint density at radius 3 is 2.61 bits per heavy atom. The van der Waals surface area contributed by atoms with E-state index in [1.165, 1.54) is 24.0 Å². The lowest BCUT2D eigenvalue weighted by molar-refractivity contribution is -0.136. The number of benzene rings is 1. The lowest BCUT2D eigenvalue weighted by Gasteiger charge is -2.13. The van der Waals surface area contributed by atoms with E-state index in [-0.39, 0.29) is 18.8 Å². The summed E-state index contributed by atoms with van der Waals surface area (Å²) in [4.78, 5) is 43.1. The summed E-state index contributed by atoms with van der Waals surface area (Å²) in [5.74, 6) is -0.604. The molecule has 31 heavy (non-hydrogen) atoms. The highest BCUT2D eigenvalue weighted by Gasteiger charge is 2.13. The van der Waals surface area contributed by atoms with Crippen molar-refractivity contribution in [2.45, 2.75) is 20.0 Å². The van der Waals surface area contributed by atoms with E-state index in [9.17, 15) is 14.4 Å². The molecule has 0 spiro atoms. The van der Waals surface area contributed by atoms with Crippen molar-refractivity contribution in [3.8, 4) is 0 Å². The molecule has 3 aromatic rings. The van der Waals surface area contributed by atoms with Gasteiger partial charge in [0.2, 0.25) is 0 Å². The van der Waals surface area contributed by atoms with E-state index < -0.39 is 17.8 Å². The lowest BCUT2D eigenvalue weighted by atomic mass is 10.2. The molecule has 2 aromatic heterocycles. The number of aryl methyl sites for hydroxylation is 2. The van der Waals surface area contributed by atoms with Crippen LogP contribution in [-0.2, 0) is 29.6 Å². The van der Waals surface area contributed by atoms with Crippen LogP contribution in [0.3, 0.4) is 0 Å². The summed E-state index contributed by atoms with van der Waals surface area (Å²) in [6, 6.07) is 11.0. The standard InChI is InChI=1S/C21H21N5O5/c1-13-8-16(23-19-15(9-17(27)28)11-26(2)20(29)24-19)10-22-18(13)25-21(30)31-12-14-6-4-3-5-7-14/h3-8,10-11H,9,12H2,1-2H3,(H,27,28)(H,22,25,30)(H,23,24,29). The molecule has 1 amide bonds. The molecule has 10 nitrogen and oxygen atoms in total. The van der Waals surface area contributed by atoms with Gasteiger partial charge < -0.3 is 19.7 Å². The van der Waals surface area contributed by atoms with Gasteiger partial charge >= 0.3 is 17.8 Å². The molecule has 0 aliphatic rings. The van der Waals surface area contributed by atoms with E-state index in [1.54, 1.807) is 13.0 Å². The van der Waals surface area contributed by atoms with Crippen LogP contribution in [0.4, 0.5) is 22.1 Å². The Morgan fingerprint density at radius 2 is 1.94 bits per heavy atom. The smallest absolute Gasteiger partial charge is 0.413 e. The van der Waals surface area contributed by atoms with Gasteiger partial charge in [0.1, 0.15) is 18.2 Å². The number of hydrogen-bond donors (Lipinski definition) is 3. The molecule has 2 heterocycles. The molecule has 1 aromatic carbocycles. The van der Waals surface area contributed by atoms with Crippen molar-refractivity contribution < 1.29 is 19.4 Å². The molecule has 0 unspecified atom stereocenters. The highest BCUT2D eigenvalue weighted by Crippen LogP contribution is 2.21. The third-order valence-corrected chi connectivity index (χ3v) is 4.28. The van der Waals surface area contributed by atoms with Crippen molar-refractivity contribution in [2.75, 3.05) is 10.6 Å². The second-order valence-corrected chi connectivity index (χ2v) is 6.78. The Kier molecular flexibility index (Phi) is 6.61. The molecular formula is C21H21N5O5. The van der Waals surface area contributed by atoms with Crippen LogP contribution in [0.5, 0.6) is 0 Å². The largest absolute Gasteiger partial charge is 0.481 e. The van der Waals surface area contributed by atoms with Crippen molar-refractivity contribution >= 4 is 29.4 Å². The Labute approximate surface area is 177 Å². The first-order valence-electron chi connectivity index (χ1n) is 9.31. The maximum Gasteiger partial charge on any atom is 0.413 e. The number of aromatic nitrogens is 3. The topological polar surface area (TPSA) is 135 Å². The molecule has 3 N–H and O–H groups in total. The van der Waals surface area contributed by atoms with Crippen LogP contribution >= 0.6 is 0 Å². The van der Waals surface area contributed by atoms with Crippen LogP contribution in [0.25, 0.3) is 0 Å². The van der Waals surface area contributed by atoms with Gasteiger partial charge in [-0.05, 0) is 24.1 Å². The van der Waals surface area contributed by atoms with Gasteiger partial charge in [0.15, 0.2) is 0 Å². The summed E-state index contributed by atoms with van der Waals surface area (Å²) in [7, 11) is 1.49. The second kappa shape index (κ2) is 9.53. The van der Waals surface area contributed by atoms with E-state index in [0.29, 0.717) is 22.6 Å². The lowest BCUT2D eigenvalue weighted by Crippen LogP contribution is -2.23. The van der Waals surface area contributed by atoms with Gasteiger partial charge in [-0.25, -0.2) is 14.6 Å². The molecule has 0 aliphatic heterocycles. The average molecular weight is 423 g/mol. The van der Waals surface area contributed by atoms with E-state index in [2.05, 4.69) is 20.6 Å². The first-order valence-corrected chi connectivity index (χ1v) is 9.31. The van der Waals surface area contributed by atoms with Crippen LogP contribution < -0.4 is 16.3 Å². The zero-order valence-electron chi connectivity index (χ0n) is 17.0. The number of ether oxygens (including phenoxy) is 1. The number of hydrogen-bond acceptors (Lipinski definition) is 7. The molecule has 0 radical (unpaired) electrons. The van der Waals surface area contributed by atoms with Crippen LogP contribution in [0, 0.1) is 6.92 Å². The highest BCUT2D eigenvalue weighted by molar-refractivity contribution is 5.84. The maximum atomic E-state index is 12.0. The number of nitrogens with one attached hydrogen (secondary N) is 2. The van der Waals surface area contributed by atoms with Crippen LogP contribution in [0.2, 0.25) is 0 Å². The fourth-order valence-electron chi connectivity index (χ4n) is 2.76. The van der Waals surface area contributed by atoms with Crippen LogP contribution in [0.15, 0.2) is 53.6 Å². The van der Waals surface area contributed by atoms with E-state index in [0.717, 1.165) is 5.56 Å². The first kappa shape index (κ1) is 21.5. The molecule has 0 bridgehead atoms. The molecule has 3 rings (SSSR count). The van der Waals surface area contributed by atoms with Crippen molar-refractivity contribution in [3.05, 3.63) is 76.0 Å². The van der Waals surface area contributed by atoms with Gasteiger partial charge in [-0.3, -0.25) is 10.1 Å². The summed E-state index contributed by atoms with van der Waals surface area (Å²) >= 11 is 0. The van der Waals surface area contributed by atoms with Crippen molar-refractivity contribution in [1.29, 1.82) is 0 Å². The molecule has 0 saturated heterocycles. The summed E-state index contributed by atoms with van der Waals surface area (Å²) in [6.45, 7) is 1.87. The van der Waals surface area contributed by atoms with Gasteiger partial charge in [-0.2, -0.15) is 4.98 Å². The number of aliphatic carboxylic acids is 1. The van der Waals surface area contributed by atoms with E-state index in [1.807, 2.05) is 30.3 Å². The Hall–Kier alpha value is -4.21. The van der Waals surface area contributed by atoms with Gasteiger partial charge in [-0.15, -0.1) is 0 Å². The van der Waals surface area contributed by atoms with Crippen molar-refractivity contribution in [3.63, 3.8) is 0 Å². The summed E-state index contributed by atoms with van der Waals surface area (Å²) in [5.41, 5.74) is 1.79. The van der Waals surface area contributed by atoms with Crippen molar-refractivity contribution in [1.82, 2.24) is 14.5 Å². The van der Waals surface area contributed by atoms with Crippen LogP contribution in [-0.4, -0.2) is 31.7 Å². The number of rotatable bonds is 7. The minimum atomic E-state index is -1.05. The number of amides is 1. The molecule has 0 atom stereocenters. The number of carbonyl (C=O) groups is 2. The zero-order chi connectivity index (χ0) is 22.4. The zero-order valence-corrected chi connectivity index (χ0v) is 17.0. The third kappa shape index (κ3) is 5.89. The Morgan fingerprint density at radius 1 is 1.19 bits per heavy atom. The van der Waals surface area contributed by atoms with Crippen LogP contribution in [0.1, 0.15) is 16.7 Å².